The Morgan fingerprint density at radius 3 is 2.38 bits per heavy atom. The lowest BCUT2D eigenvalue weighted by Gasteiger charge is -2.31. The number of thiazole rings is 1. The third-order valence-corrected chi connectivity index (χ3v) is 6.35. The first-order chi connectivity index (χ1) is 16.1. The summed E-state index contributed by atoms with van der Waals surface area (Å²) >= 11 is 0.980. The molecule has 12 heteroatoms. The number of ether oxygens (including phenoxy) is 2. The molecule has 1 saturated heterocycles. The van der Waals surface area contributed by atoms with Crippen molar-refractivity contribution in [3.63, 3.8) is 0 Å². The normalized spacial score (nSPS) is 14.6. The molecule has 0 radical (unpaired) electrons. The van der Waals surface area contributed by atoms with E-state index in [0.717, 1.165) is 23.5 Å². The van der Waals surface area contributed by atoms with Gasteiger partial charge < -0.3 is 19.7 Å². The second-order valence-corrected chi connectivity index (χ2v) is 8.61. The van der Waals surface area contributed by atoms with Crippen LogP contribution in [0, 0.1) is 6.92 Å². The van der Waals surface area contributed by atoms with E-state index in [1.807, 2.05) is 0 Å². The van der Waals surface area contributed by atoms with Gasteiger partial charge in [-0.2, -0.15) is 13.2 Å². The fourth-order valence-electron chi connectivity index (χ4n) is 3.40. The van der Waals surface area contributed by atoms with Gasteiger partial charge in [0.15, 0.2) is 6.61 Å². The van der Waals surface area contributed by atoms with E-state index in [9.17, 15) is 27.6 Å². The molecule has 1 aliphatic heterocycles. The average Bonchev–Trinajstić information content (AvgIpc) is 3.19. The fourth-order valence-corrected chi connectivity index (χ4v) is 4.36. The van der Waals surface area contributed by atoms with Crippen LogP contribution in [0.15, 0.2) is 24.3 Å². The molecule has 2 aromatic rings. The first-order valence-corrected chi connectivity index (χ1v) is 11.4. The van der Waals surface area contributed by atoms with Gasteiger partial charge in [-0.3, -0.25) is 4.79 Å². The maximum atomic E-state index is 12.7. The van der Waals surface area contributed by atoms with Crippen LogP contribution in [0.4, 0.5) is 18.0 Å². The van der Waals surface area contributed by atoms with Crippen LogP contribution in [0.5, 0.6) is 0 Å². The molecule has 0 atom stereocenters. The summed E-state index contributed by atoms with van der Waals surface area (Å²) in [6.45, 7) is 4.04. The first-order valence-electron chi connectivity index (χ1n) is 10.6. The maximum absolute atomic E-state index is 12.7. The quantitative estimate of drug-likeness (QED) is 0.603. The molecule has 0 unspecified atom stereocenters. The second kappa shape index (κ2) is 10.9. The Hall–Kier alpha value is -3.15. The van der Waals surface area contributed by atoms with Crippen LogP contribution in [0.1, 0.15) is 40.7 Å². The van der Waals surface area contributed by atoms with Crippen LogP contribution in [0.3, 0.4) is 0 Å². The summed E-state index contributed by atoms with van der Waals surface area (Å²) in [5.74, 6) is -1.20. The molecule has 2 amide bonds. The number of hydrogen-bond acceptors (Lipinski definition) is 7. The number of alkyl halides is 3. The zero-order chi connectivity index (χ0) is 24.9. The highest BCUT2D eigenvalue weighted by Gasteiger charge is 2.30. The zero-order valence-electron chi connectivity index (χ0n) is 18.6. The fraction of sp³-hybridized carbons (Fsp3) is 0.455. The van der Waals surface area contributed by atoms with E-state index in [2.05, 4.69) is 10.3 Å². The molecule has 3 rings (SSSR count). The number of rotatable bonds is 6. The molecule has 0 spiro atoms. The molecule has 1 N–H and O–H groups in total. The van der Waals surface area contributed by atoms with Crippen molar-refractivity contribution in [1.82, 2.24) is 15.2 Å². The molecule has 1 aliphatic rings. The molecule has 0 aliphatic carbocycles. The maximum Gasteiger partial charge on any atom is 0.416 e. The third kappa shape index (κ3) is 6.46. The standard InChI is InChI=1S/C22H24F3N3O5S/c1-3-32-21(31)28-10-8-16(9-11-28)27-17(29)12-33-20(30)18-13(2)26-19(34-18)14-4-6-15(7-5-14)22(23,24)25/h4-7,16H,3,8-12H2,1-2H3,(H,27,29). The largest absolute Gasteiger partial charge is 0.451 e. The smallest absolute Gasteiger partial charge is 0.416 e. The van der Waals surface area contributed by atoms with E-state index in [4.69, 9.17) is 9.47 Å². The number of likely N-dealkylation sites (tertiary alicyclic amines) is 1. The van der Waals surface area contributed by atoms with Crippen LogP contribution < -0.4 is 5.32 Å². The lowest BCUT2D eigenvalue weighted by molar-refractivity contribution is -0.137. The summed E-state index contributed by atoms with van der Waals surface area (Å²) in [5, 5.41) is 3.15. The lowest BCUT2D eigenvalue weighted by atomic mass is 10.1. The summed E-state index contributed by atoms with van der Waals surface area (Å²) in [7, 11) is 0. The number of aromatic nitrogens is 1. The number of nitrogens with one attached hydrogen (secondary N) is 1. The van der Waals surface area contributed by atoms with Gasteiger partial charge in [0.25, 0.3) is 5.91 Å². The van der Waals surface area contributed by atoms with E-state index >= 15 is 0 Å². The molecule has 1 aromatic heterocycles. The predicted octanol–water partition coefficient (Wildman–Crippen LogP) is 4.03. The number of halogens is 3. The Kier molecular flexibility index (Phi) is 8.13. The molecule has 184 valence electrons. The minimum Gasteiger partial charge on any atom is -0.451 e. The van der Waals surface area contributed by atoms with Crippen molar-refractivity contribution < 1.29 is 37.0 Å². The number of hydrogen-bond donors (Lipinski definition) is 1. The number of esters is 1. The highest BCUT2D eigenvalue weighted by molar-refractivity contribution is 7.17. The second-order valence-electron chi connectivity index (χ2n) is 7.61. The van der Waals surface area contributed by atoms with Crippen LogP contribution in [-0.4, -0.2) is 60.2 Å². The lowest BCUT2D eigenvalue weighted by Crippen LogP contribution is -2.47. The molecule has 8 nitrogen and oxygen atoms in total. The van der Waals surface area contributed by atoms with Crippen molar-refractivity contribution in [1.29, 1.82) is 0 Å². The van der Waals surface area contributed by atoms with Crippen LogP contribution >= 0.6 is 11.3 Å². The first kappa shape index (κ1) is 25.5. The highest BCUT2D eigenvalue weighted by Crippen LogP contribution is 2.33. The Balaban J connectivity index is 1.50. The van der Waals surface area contributed by atoms with Crippen molar-refractivity contribution in [2.45, 2.75) is 38.9 Å². The number of benzene rings is 1. The molecule has 1 aromatic carbocycles. The van der Waals surface area contributed by atoms with Gasteiger partial charge in [0.2, 0.25) is 0 Å². The predicted molar refractivity (Wildman–Crippen MR) is 117 cm³/mol. The summed E-state index contributed by atoms with van der Waals surface area (Å²) in [5.41, 5.74) is 0.0189. The van der Waals surface area contributed by atoms with E-state index in [1.54, 1.807) is 18.7 Å². The number of amides is 2. The van der Waals surface area contributed by atoms with Crippen LogP contribution in [0.2, 0.25) is 0 Å². The van der Waals surface area contributed by atoms with Crippen molar-refractivity contribution in [3.05, 3.63) is 40.4 Å². The minimum atomic E-state index is -4.44. The number of piperidine rings is 1. The monoisotopic (exact) mass is 499 g/mol. The van der Waals surface area contributed by atoms with Crippen LogP contribution in [0.25, 0.3) is 10.6 Å². The Morgan fingerprint density at radius 2 is 1.79 bits per heavy atom. The van der Waals surface area contributed by atoms with Gasteiger partial charge in [0, 0.05) is 24.7 Å². The van der Waals surface area contributed by atoms with E-state index in [1.165, 1.54) is 12.1 Å². The number of carbonyl (C=O) groups excluding carboxylic acids is 3. The van der Waals surface area contributed by atoms with Gasteiger partial charge in [-0.05, 0) is 38.8 Å². The van der Waals surface area contributed by atoms with E-state index in [0.29, 0.717) is 48.8 Å². The van der Waals surface area contributed by atoms with Gasteiger partial charge in [0.1, 0.15) is 9.88 Å². The molecule has 0 bridgehead atoms. The number of carbonyl (C=O) groups is 3. The highest BCUT2D eigenvalue weighted by atomic mass is 32.1. The van der Waals surface area contributed by atoms with Gasteiger partial charge >= 0.3 is 18.2 Å². The van der Waals surface area contributed by atoms with Crippen molar-refractivity contribution >= 4 is 29.3 Å². The summed E-state index contributed by atoms with van der Waals surface area (Å²) in [6.07, 6.45) is -3.70. The van der Waals surface area contributed by atoms with Gasteiger partial charge in [0.05, 0.1) is 17.9 Å². The summed E-state index contributed by atoms with van der Waals surface area (Å²) in [6, 6.07) is 4.33. The Bertz CT molecular complexity index is 1030. The van der Waals surface area contributed by atoms with Crippen molar-refractivity contribution in [2.24, 2.45) is 0 Å². The SMILES string of the molecule is CCOC(=O)N1CCC(NC(=O)COC(=O)c2sc(-c3ccc(C(F)(F)F)cc3)nc2C)CC1. The number of aryl methyl sites for hydroxylation is 1. The average molecular weight is 500 g/mol. The molecule has 34 heavy (non-hydrogen) atoms. The van der Waals surface area contributed by atoms with E-state index in [-0.39, 0.29) is 17.0 Å². The topological polar surface area (TPSA) is 97.8 Å². The zero-order valence-corrected chi connectivity index (χ0v) is 19.4. The summed E-state index contributed by atoms with van der Waals surface area (Å²) in [4.78, 5) is 42.3. The molecular formula is C22H24F3N3O5S. The third-order valence-electron chi connectivity index (χ3n) is 5.16. The summed E-state index contributed by atoms with van der Waals surface area (Å²) < 4.78 is 48.3. The molecule has 1 fully saturated rings. The Labute approximate surface area is 198 Å². The van der Waals surface area contributed by atoms with Gasteiger partial charge in [-0.25, -0.2) is 14.6 Å². The van der Waals surface area contributed by atoms with Crippen molar-refractivity contribution in [3.8, 4) is 10.6 Å². The minimum absolute atomic E-state index is 0.145. The number of nitrogens with zero attached hydrogens (tertiary/aromatic N) is 2. The van der Waals surface area contributed by atoms with Gasteiger partial charge in [-0.1, -0.05) is 12.1 Å². The molecule has 0 saturated carbocycles. The van der Waals surface area contributed by atoms with Crippen molar-refractivity contribution in [2.75, 3.05) is 26.3 Å². The Morgan fingerprint density at radius 1 is 1.15 bits per heavy atom. The molecule has 2 heterocycles. The van der Waals surface area contributed by atoms with E-state index < -0.39 is 30.2 Å². The van der Waals surface area contributed by atoms with Crippen LogP contribution in [-0.2, 0) is 20.4 Å². The molecular weight excluding hydrogens is 475 g/mol. The van der Waals surface area contributed by atoms with Gasteiger partial charge in [-0.15, -0.1) is 11.3 Å².